The average molecular weight is 420 g/mol. The topological polar surface area (TPSA) is 69.7 Å². The van der Waals surface area contributed by atoms with Gasteiger partial charge in [-0.15, -0.1) is 0 Å². The van der Waals surface area contributed by atoms with Crippen LogP contribution in [0.4, 0.5) is 0 Å². The lowest BCUT2D eigenvalue weighted by molar-refractivity contribution is 0.101. The lowest BCUT2D eigenvalue weighted by Crippen LogP contribution is -2.09. The summed E-state index contributed by atoms with van der Waals surface area (Å²) < 4.78 is 35.9. The van der Waals surface area contributed by atoms with E-state index in [1.165, 1.54) is 35.9 Å². The smallest absolute Gasteiger partial charge is 0.339 e. The molecule has 0 saturated heterocycles. The average Bonchev–Trinajstić information content (AvgIpc) is 3.03. The Morgan fingerprint density at radius 2 is 1.67 bits per heavy atom. The third-order valence-electron chi connectivity index (χ3n) is 4.84. The number of hydrogen-bond donors (Lipinski definition) is 0. The van der Waals surface area contributed by atoms with Gasteiger partial charge < -0.3 is 8.92 Å². The van der Waals surface area contributed by atoms with Crippen LogP contribution in [-0.4, -0.2) is 14.2 Å². The zero-order valence-corrected chi connectivity index (χ0v) is 17.4. The first-order valence-corrected chi connectivity index (χ1v) is 10.9. The van der Waals surface area contributed by atoms with Gasteiger partial charge in [-0.25, -0.2) is 0 Å². The number of ketones is 1. The molecule has 3 aromatic carbocycles. The van der Waals surface area contributed by atoms with Crippen molar-refractivity contribution < 1.29 is 22.1 Å². The van der Waals surface area contributed by atoms with E-state index < -0.39 is 10.1 Å². The standard InChI is InChI=1S/C24H20O5S/c1-3-17-6-8-18(9-7-17)14-23-24(25)21-13-10-19(15-22(21)28-23)29-30(26,27)20-11-4-16(2)5-12-20/h4-15H,3H2,1-2H3/b23-14-. The van der Waals surface area contributed by atoms with Crippen molar-refractivity contribution in [3.8, 4) is 11.5 Å². The second kappa shape index (κ2) is 7.80. The minimum Gasteiger partial charge on any atom is -0.452 e. The zero-order valence-electron chi connectivity index (χ0n) is 16.6. The highest BCUT2D eigenvalue weighted by molar-refractivity contribution is 7.87. The van der Waals surface area contributed by atoms with Crippen LogP contribution < -0.4 is 8.92 Å². The Balaban J connectivity index is 1.57. The monoisotopic (exact) mass is 420 g/mol. The fourth-order valence-electron chi connectivity index (χ4n) is 3.10. The minimum absolute atomic E-state index is 0.0571. The SMILES string of the molecule is CCc1ccc(/C=C2\Oc3cc(OS(=O)(=O)c4ccc(C)cc4)ccc3C2=O)cc1. The summed E-state index contributed by atoms with van der Waals surface area (Å²) in [6.07, 6.45) is 2.61. The van der Waals surface area contributed by atoms with Gasteiger partial charge in [0.15, 0.2) is 5.76 Å². The maximum atomic E-state index is 12.6. The quantitative estimate of drug-likeness (QED) is 0.432. The Morgan fingerprint density at radius 1 is 0.967 bits per heavy atom. The summed E-state index contributed by atoms with van der Waals surface area (Å²) in [4.78, 5) is 12.7. The molecule has 0 bridgehead atoms. The molecule has 152 valence electrons. The second-order valence-corrected chi connectivity index (χ2v) is 8.59. The van der Waals surface area contributed by atoms with Crippen LogP contribution in [0.15, 0.2) is 77.4 Å². The molecule has 1 aliphatic rings. The van der Waals surface area contributed by atoms with Gasteiger partial charge in [0.05, 0.1) is 5.56 Å². The number of hydrogen-bond acceptors (Lipinski definition) is 5. The van der Waals surface area contributed by atoms with Gasteiger partial charge in [0.25, 0.3) is 0 Å². The van der Waals surface area contributed by atoms with Crippen LogP contribution in [0.3, 0.4) is 0 Å². The summed E-state index contributed by atoms with van der Waals surface area (Å²) in [5.74, 6) is 0.286. The molecule has 0 aromatic heterocycles. The van der Waals surface area contributed by atoms with Crippen molar-refractivity contribution in [2.45, 2.75) is 25.2 Å². The number of ether oxygens (including phenoxy) is 1. The van der Waals surface area contributed by atoms with Crippen LogP contribution in [0, 0.1) is 6.92 Å². The molecule has 0 radical (unpaired) electrons. The summed E-state index contributed by atoms with van der Waals surface area (Å²) >= 11 is 0. The fourth-order valence-corrected chi connectivity index (χ4v) is 4.02. The van der Waals surface area contributed by atoms with Crippen molar-refractivity contribution in [1.82, 2.24) is 0 Å². The van der Waals surface area contributed by atoms with Crippen LogP contribution in [0.25, 0.3) is 6.08 Å². The number of allylic oxidation sites excluding steroid dienone is 1. The highest BCUT2D eigenvalue weighted by Gasteiger charge is 2.28. The number of carbonyl (C=O) groups excluding carboxylic acids is 1. The third kappa shape index (κ3) is 4.00. The number of rotatable bonds is 5. The van der Waals surface area contributed by atoms with Crippen LogP contribution >= 0.6 is 0 Å². The summed E-state index contributed by atoms with van der Waals surface area (Å²) in [7, 11) is -3.98. The summed E-state index contributed by atoms with van der Waals surface area (Å²) in [6.45, 7) is 3.95. The predicted octanol–water partition coefficient (Wildman–Crippen LogP) is 4.94. The summed E-state index contributed by atoms with van der Waals surface area (Å²) in [5.41, 5.74) is 3.37. The highest BCUT2D eigenvalue weighted by Crippen LogP contribution is 2.35. The first kappa shape index (κ1) is 19.9. The highest BCUT2D eigenvalue weighted by atomic mass is 32.2. The van der Waals surface area contributed by atoms with Crippen LogP contribution in [0.1, 0.15) is 34.0 Å². The van der Waals surface area contributed by atoms with E-state index in [9.17, 15) is 13.2 Å². The lowest BCUT2D eigenvalue weighted by Gasteiger charge is -2.08. The molecule has 4 rings (SSSR count). The maximum Gasteiger partial charge on any atom is 0.339 e. The first-order valence-electron chi connectivity index (χ1n) is 9.54. The molecule has 0 amide bonds. The number of aryl methyl sites for hydroxylation is 2. The van der Waals surface area contributed by atoms with E-state index >= 15 is 0 Å². The van der Waals surface area contributed by atoms with Gasteiger partial charge >= 0.3 is 10.1 Å². The van der Waals surface area contributed by atoms with Gasteiger partial charge in [-0.2, -0.15) is 8.42 Å². The third-order valence-corrected chi connectivity index (χ3v) is 6.10. The summed E-state index contributed by atoms with van der Waals surface area (Å²) in [5, 5.41) is 0. The van der Waals surface area contributed by atoms with E-state index in [0.29, 0.717) is 5.56 Å². The van der Waals surface area contributed by atoms with Crippen LogP contribution in [0.2, 0.25) is 0 Å². The predicted molar refractivity (Wildman–Crippen MR) is 114 cm³/mol. The van der Waals surface area contributed by atoms with Gasteiger partial charge in [-0.1, -0.05) is 48.9 Å². The molecule has 6 heteroatoms. The largest absolute Gasteiger partial charge is 0.452 e. The number of Topliss-reactive ketones (excluding diaryl/α,β-unsaturated/α-hetero) is 1. The molecule has 0 unspecified atom stereocenters. The number of carbonyl (C=O) groups is 1. The summed E-state index contributed by atoms with van der Waals surface area (Å²) in [6, 6.07) is 18.6. The van der Waals surface area contributed by atoms with Gasteiger partial charge in [0.2, 0.25) is 5.78 Å². The Kier molecular flexibility index (Phi) is 5.18. The van der Waals surface area contributed by atoms with Crippen molar-refractivity contribution >= 4 is 22.0 Å². The van der Waals surface area contributed by atoms with Crippen molar-refractivity contribution in [3.63, 3.8) is 0 Å². The van der Waals surface area contributed by atoms with Crippen LogP contribution in [-0.2, 0) is 16.5 Å². The zero-order chi connectivity index (χ0) is 21.3. The second-order valence-electron chi connectivity index (χ2n) is 7.04. The number of benzene rings is 3. The molecule has 0 saturated carbocycles. The Hall–Kier alpha value is -3.38. The molecule has 0 spiro atoms. The van der Waals surface area contributed by atoms with Gasteiger partial charge in [0.1, 0.15) is 16.4 Å². The van der Waals surface area contributed by atoms with Crippen molar-refractivity contribution in [1.29, 1.82) is 0 Å². The fraction of sp³-hybridized carbons (Fsp3) is 0.125. The van der Waals surface area contributed by atoms with E-state index in [1.807, 2.05) is 31.2 Å². The molecule has 30 heavy (non-hydrogen) atoms. The van der Waals surface area contributed by atoms with Gasteiger partial charge in [-0.05, 0) is 54.8 Å². The van der Waals surface area contributed by atoms with E-state index in [0.717, 1.165) is 17.5 Å². The van der Waals surface area contributed by atoms with Gasteiger partial charge in [0, 0.05) is 6.07 Å². The molecule has 0 aliphatic carbocycles. The molecular weight excluding hydrogens is 400 g/mol. The first-order chi connectivity index (χ1) is 14.4. The normalized spacial score (nSPS) is 14.5. The van der Waals surface area contributed by atoms with E-state index in [2.05, 4.69) is 6.92 Å². The van der Waals surface area contributed by atoms with Gasteiger partial charge in [-0.3, -0.25) is 4.79 Å². The Labute approximate surface area is 175 Å². The minimum atomic E-state index is -3.98. The van der Waals surface area contributed by atoms with Crippen molar-refractivity contribution in [3.05, 3.63) is 94.7 Å². The van der Waals surface area contributed by atoms with E-state index in [1.54, 1.807) is 18.2 Å². The molecule has 3 aromatic rings. The molecule has 5 nitrogen and oxygen atoms in total. The molecule has 1 heterocycles. The molecule has 0 atom stereocenters. The van der Waals surface area contributed by atoms with Crippen molar-refractivity contribution in [2.75, 3.05) is 0 Å². The lowest BCUT2D eigenvalue weighted by atomic mass is 10.1. The Morgan fingerprint density at radius 3 is 2.33 bits per heavy atom. The Bertz CT molecular complexity index is 1240. The number of fused-ring (bicyclic) bond motifs is 1. The maximum absolute atomic E-state index is 12.6. The van der Waals surface area contributed by atoms with Crippen molar-refractivity contribution in [2.24, 2.45) is 0 Å². The van der Waals surface area contributed by atoms with E-state index in [-0.39, 0.29) is 27.9 Å². The molecule has 0 N–H and O–H groups in total. The molecule has 1 aliphatic heterocycles. The van der Waals surface area contributed by atoms with E-state index in [4.69, 9.17) is 8.92 Å². The molecular formula is C24H20O5S. The molecule has 0 fully saturated rings. The van der Waals surface area contributed by atoms with Crippen LogP contribution in [0.5, 0.6) is 11.5 Å².